The summed E-state index contributed by atoms with van der Waals surface area (Å²) < 4.78 is 6.22. The van der Waals surface area contributed by atoms with Gasteiger partial charge in [0.1, 0.15) is 0 Å². The molecule has 1 aliphatic heterocycles. The standard InChI is InChI=1S/C25H33ClO/c1-2-3-4-5-6-7-8-20-9-18-25(27-19-20)23-12-10-21(11-13-23)22-14-16-24(26)17-15-22/h10-17,20,25H,2-9,18-19H2,1H3. The Morgan fingerprint density at radius 2 is 1.44 bits per heavy atom. The van der Waals surface area contributed by atoms with E-state index in [1.54, 1.807) is 0 Å². The van der Waals surface area contributed by atoms with Crippen molar-refractivity contribution in [3.05, 3.63) is 59.1 Å². The largest absolute Gasteiger partial charge is 0.373 e. The predicted molar refractivity (Wildman–Crippen MR) is 116 cm³/mol. The average molecular weight is 385 g/mol. The molecule has 0 spiro atoms. The molecule has 1 heterocycles. The monoisotopic (exact) mass is 384 g/mol. The van der Waals surface area contributed by atoms with Gasteiger partial charge in [-0.2, -0.15) is 0 Å². The fraction of sp³-hybridized carbons (Fsp3) is 0.520. The zero-order valence-electron chi connectivity index (χ0n) is 16.6. The first-order valence-electron chi connectivity index (χ1n) is 10.7. The van der Waals surface area contributed by atoms with Crippen LogP contribution in [0.4, 0.5) is 0 Å². The topological polar surface area (TPSA) is 9.23 Å². The molecular formula is C25H33ClO. The molecule has 0 aliphatic carbocycles. The summed E-state index contributed by atoms with van der Waals surface area (Å²) in [7, 11) is 0. The molecular weight excluding hydrogens is 352 g/mol. The smallest absolute Gasteiger partial charge is 0.0825 e. The summed E-state index contributed by atoms with van der Waals surface area (Å²) in [6, 6.07) is 16.9. The predicted octanol–water partition coefficient (Wildman–Crippen LogP) is 8.23. The zero-order chi connectivity index (χ0) is 18.9. The fourth-order valence-corrected chi connectivity index (χ4v) is 4.17. The van der Waals surface area contributed by atoms with E-state index >= 15 is 0 Å². The molecule has 3 rings (SSSR count). The van der Waals surface area contributed by atoms with Gasteiger partial charge in [0.05, 0.1) is 12.7 Å². The van der Waals surface area contributed by atoms with Crippen LogP contribution in [0.5, 0.6) is 0 Å². The Bertz CT molecular complexity index is 654. The first-order valence-corrected chi connectivity index (χ1v) is 11.1. The van der Waals surface area contributed by atoms with Crippen LogP contribution in [0, 0.1) is 5.92 Å². The van der Waals surface area contributed by atoms with Crippen molar-refractivity contribution in [1.82, 2.24) is 0 Å². The number of ether oxygens (including phenoxy) is 1. The molecule has 2 atom stereocenters. The van der Waals surface area contributed by atoms with Crippen LogP contribution >= 0.6 is 11.6 Å². The molecule has 1 saturated heterocycles. The van der Waals surface area contributed by atoms with Gasteiger partial charge in [0.25, 0.3) is 0 Å². The van der Waals surface area contributed by atoms with Gasteiger partial charge in [-0.05, 0) is 54.0 Å². The summed E-state index contributed by atoms with van der Waals surface area (Å²) in [6.07, 6.45) is 12.4. The first kappa shape index (κ1) is 20.4. The van der Waals surface area contributed by atoms with E-state index in [1.807, 2.05) is 12.1 Å². The molecule has 0 N–H and O–H groups in total. The van der Waals surface area contributed by atoms with Crippen molar-refractivity contribution < 1.29 is 4.74 Å². The van der Waals surface area contributed by atoms with E-state index in [-0.39, 0.29) is 6.10 Å². The Kier molecular flexibility index (Phi) is 8.23. The number of rotatable bonds is 9. The molecule has 0 aromatic heterocycles. The van der Waals surface area contributed by atoms with Crippen molar-refractivity contribution in [2.75, 3.05) is 6.61 Å². The molecule has 0 saturated carbocycles. The average Bonchev–Trinajstić information content (AvgIpc) is 2.72. The van der Waals surface area contributed by atoms with E-state index < -0.39 is 0 Å². The van der Waals surface area contributed by atoms with Crippen LogP contribution in [-0.2, 0) is 4.74 Å². The zero-order valence-corrected chi connectivity index (χ0v) is 17.4. The van der Waals surface area contributed by atoms with E-state index in [4.69, 9.17) is 16.3 Å². The molecule has 2 aromatic rings. The van der Waals surface area contributed by atoms with Gasteiger partial charge in [-0.15, -0.1) is 0 Å². The molecule has 27 heavy (non-hydrogen) atoms. The summed E-state index contributed by atoms with van der Waals surface area (Å²) in [5, 5.41) is 0.779. The molecule has 1 aliphatic rings. The summed E-state index contributed by atoms with van der Waals surface area (Å²) in [5.41, 5.74) is 3.74. The lowest BCUT2D eigenvalue weighted by atomic mass is 9.90. The van der Waals surface area contributed by atoms with Crippen LogP contribution in [0.1, 0.15) is 76.4 Å². The maximum atomic E-state index is 6.22. The molecule has 0 amide bonds. The molecule has 0 bridgehead atoms. The van der Waals surface area contributed by atoms with Crippen LogP contribution in [0.2, 0.25) is 5.02 Å². The van der Waals surface area contributed by atoms with E-state index in [1.165, 1.54) is 68.1 Å². The van der Waals surface area contributed by atoms with Gasteiger partial charge in [0, 0.05) is 5.02 Å². The third-order valence-corrected chi connectivity index (χ3v) is 6.05. The van der Waals surface area contributed by atoms with Gasteiger partial charge in [-0.25, -0.2) is 0 Å². The number of hydrogen-bond acceptors (Lipinski definition) is 1. The second-order valence-electron chi connectivity index (χ2n) is 7.95. The highest BCUT2D eigenvalue weighted by atomic mass is 35.5. The quantitative estimate of drug-likeness (QED) is 0.395. The Balaban J connectivity index is 1.42. The Morgan fingerprint density at radius 1 is 0.815 bits per heavy atom. The number of unbranched alkanes of at least 4 members (excludes halogenated alkanes) is 5. The Labute approximate surface area is 170 Å². The van der Waals surface area contributed by atoms with Crippen molar-refractivity contribution >= 4 is 11.6 Å². The highest BCUT2D eigenvalue weighted by Gasteiger charge is 2.22. The normalized spacial score (nSPS) is 19.9. The number of hydrogen-bond donors (Lipinski definition) is 0. The number of halogens is 1. The summed E-state index contributed by atoms with van der Waals surface area (Å²) in [5.74, 6) is 0.765. The second kappa shape index (κ2) is 10.9. The van der Waals surface area contributed by atoms with Gasteiger partial charge < -0.3 is 4.74 Å². The lowest BCUT2D eigenvalue weighted by Crippen LogP contribution is -2.20. The van der Waals surface area contributed by atoms with E-state index in [0.717, 1.165) is 24.0 Å². The van der Waals surface area contributed by atoms with E-state index in [9.17, 15) is 0 Å². The minimum atomic E-state index is 0.269. The van der Waals surface area contributed by atoms with Crippen LogP contribution in [-0.4, -0.2) is 6.61 Å². The van der Waals surface area contributed by atoms with Gasteiger partial charge in [-0.1, -0.05) is 93.4 Å². The molecule has 1 nitrogen and oxygen atoms in total. The van der Waals surface area contributed by atoms with Crippen LogP contribution in [0.15, 0.2) is 48.5 Å². The second-order valence-corrected chi connectivity index (χ2v) is 8.39. The highest BCUT2D eigenvalue weighted by molar-refractivity contribution is 6.30. The third kappa shape index (κ3) is 6.36. The molecule has 2 aromatic carbocycles. The molecule has 2 unspecified atom stereocenters. The van der Waals surface area contributed by atoms with Crippen molar-refractivity contribution in [1.29, 1.82) is 0 Å². The SMILES string of the molecule is CCCCCCCCC1CCC(c2ccc(-c3ccc(Cl)cc3)cc2)OC1. The van der Waals surface area contributed by atoms with Gasteiger partial charge in [0.2, 0.25) is 0 Å². The maximum absolute atomic E-state index is 6.22. The van der Waals surface area contributed by atoms with Crippen LogP contribution in [0.25, 0.3) is 11.1 Å². The van der Waals surface area contributed by atoms with Crippen molar-refractivity contribution in [3.8, 4) is 11.1 Å². The minimum Gasteiger partial charge on any atom is -0.373 e. The number of benzene rings is 2. The molecule has 2 heteroatoms. The third-order valence-electron chi connectivity index (χ3n) is 5.80. The summed E-state index contributed by atoms with van der Waals surface area (Å²) >= 11 is 5.98. The van der Waals surface area contributed by atoms with Crippen molar-refractivity contribution in [3.63, 3.8) is 0 Å². The van der Waals surface area contributed by atoms with Crippen molar-refractivity contribution in [2.24, 2.45) is 5.92 Å². The fourth-order valence-electron chi connectivity index (χ4n) is 4.04. The highest BCUT2D eigenvalue weighted by Crippen LogP contribution is 2.33. The lowest BCUT2D eigenvalue weighted by molar-refractivity contribution is -0.0199. The Hall–Kier alpha value is -1.31. The Morgan fingerprint density at radius 3 is 2.07 bits per heavy atom. The first-order chi connectivity index (χ1) is 13.3. The van der Waals surface area contributed by atoms with E-state index in [0.29, 0.717) is 0 Å². The van der Waals surface area contributed by atoms with Gasteiger partial charge in [-0.3, -0.25) is 0 Å². The van der Waals surface area contributed by atoms with Gasteiger partial charge >= 0.3 is 0 Å². The molecule has 1 fully saturated rings. The summed E-state index contributed by atoms with van der Waals surface area (Å²) in [6.45, 7) is 3.21. The minimum absolute atomic E-state index is 0.269. The van der Waals surface area contributed by atoms with Crippen LogP contribution < -0.4 is 0 Å². The summed E-state index contributed by atoms with van der Waals surface area (Å²) in [4.78, 5) is 0. The van der Waals surface area contributed by atoms with Crippen LogP contribution in [0.3, 0.4) is 0 Å². The van der Waals surface area contributed by atoms with E-state index in [2.05, 4.69) is 43.3 Å². The van der Waals surface area contributed by atoms with Crippen molar-refractivity contribution in [2.45, 2.75) is 70.8 Å². The van der Waals surface area contributed by atoms with Gasteiger partial charge in [0.15, 0.2) is 0 Å². The molecule has 0 radical (unpaired) electrons. The lowest BCUT2D eigenvalue weighted by Gasteiger charge is -2.29. The molecule has 146 valence electrons. The maximum Gasteiger partial charge on any atom is 0.0825 e.